The lowest BCUT2D eigenvalue weighted by molar-refractivity contribution is -0.0705. The van der Waals surface area contributed by atoms with Crippen molar-refractivity contribution in [3.05, 3.63) is 0 Å². The lowest BCUT2D eigenvalue weighted by Crippen LogP contribution is -2.48. The van der Waals surface area contributed by atoms with Crippen molar-refractivity contribution in [1.82, 2.24) is 4.90 Å². The molecule has 2 heteroatoms. The van der Waals surface area contributed by atoms with Gasteiger partial charge in [0.15, 0.2) is 0 Å². The van der Waals surface area contributed by atoms with Crippen molar-refractivity contribution >= 4 is 0 Å². The normalized spacial score (nSPS) is 43.8. The molecule has 2 nitrogen and oxygen atoms in total. The number of hydrogen-bond donors (Lipinski definition) is 1. The maximum absolute atomic E-state index is 9.53. The molecular weight excluding hydrogens is 150 g/mol. The van der Waals surface area contributed by atoms with Gasteiger partial charge in [-0.25, -0.2) is 0 Å². The minimum atomic E-state index is -0.319. The molecule has 1 saturated carbocycles. The third-order valence-electron chi connectivity index (χ3n) is 3.26. The molecule has 2 rings (SSSR count). The van der Waals surface area contributed by atoms with Crippen LogP contribution >= 0.6 is 0 Å². The predicted octanol–water partition coefficient (Wildman–Crippen LogP) is 1.10. The van der Waals surface area contributed by atoms with Crippen LogP contribution in [0.25, 0.3) is 0 Å². The van der Waals surface area contributed by atoms with E-state index in [4.69, 9.17) is 0 Å². The van der Waals surface area contributed by atoms with Crippen LogP contribution in [0, 0.1) is 11.8 Å². The van der Waals surface area contributed by atoms with Gasteiger partial charge in [-0.05, 0) is 45.1 Å². The minimum Gasteiger partial charge on any atom is -0.390 e. The van der Waals surface area contributed by atoms with E-state index in [0.29, 0.717) is 0 Å². The van der Waals surface area contributed by atoms with E-state index in [1.165, 1.54) is 19.5 Å². The third-order valence-corrected chi connectivity index (χ3v) is 3.26. The summed E-state index contributed by atoms with van der Waals surface area (Å²) >= 11 is 0. The average Bonchev–Trinajstić information content (AvgIpc) is 1.80. The highest BCUT2D eigenvalue weighted by Gasteiger charge is 2.40. The van der Waals surface area contributed by atoms with Crippen molar-refractivity contribution in [2.75, 3.05) is 20.1 Å². The molecular formula is C10H19NO. The van der Waals surface area contributed by atoms with E-state index in [1.54, 1.807) is 0 Å². The highest BCUT2D eigenvalue weighted by molar-refractivity contribution is 4.92. The van der Waals surface area contributed by atoms with Crippen LogP contribution in [0.15, 0.2) is 0 Å². The maximum Gasteiger partial charge on any atom is 0.0625 e. The van der Waals surface area contributed by atoms with E-state index < -0.39 is 0 Å². The molecule has 1 N–H and O–H groups in total. The monoisotopic (exact) mass is 169 g/mol. The van der Waals surface area contributed by atoms with Gasteiger partial charge in [-0.15, -0.1) is 0 Å². The van der Waals surface area contributed by atoms with Crippen LogP contribution in [0.5, 0.6) is 0 Å². The van der Waals surface area contributed by atoms with Crippen molar-refractivity contribution in [3.63, 3.8) is 0 Å². The Morgan fingerprint density at radius 2 is 1.92 bits per heavy atom. The predicted molar refractivity (Wildman–Crippen MR) is 49.0 cm³/mol. The average molecular weight is 169 g/mol. The number of likely N-dealkylation sites (tertiary alicyclic amines) is 1. The molecule has 2 aliphatic rings. The lowest BCUT2D eigenvalue weighted by Gasteiger charge is -2.46. The van der Waals surface area contributed by atoms with Crippen molar-refractivity contribution in [3.8, 4) is 0 Å². The summed E-state index contributed by atoms with van der Waals surface area (Å²) in [6.45, 7) is 4.51. The van der Waals surface area contributed by atoms with Crippen LogP contribution in [0.2, 0.25) is 0 Å². The Bertz CT molecular complexity index is 165. The van der Waals surface area contributed by atoms with Crippen LogP contribution in [0.3, 0.4) is 0 Å². The first-order chi connectivity index (χ1) is 5.55. The standard InChI is InChI=1S/C10H19NO/c1-10(12)4-8(5-10)3-9-6-11(2)7-9/h8-9,12H,3-7H2,1-2H3. The van der Waals surface area contributed by atoms with Crippen LogP contribution in [-0.2, 0) is 0 Å². The van der Waals surface area contributed by atoms with Crippen molar-refractivity contribution < 1.29 is 5.11 Å². The Labute approximate surface area is 74.6 Å². The van der Waals surface area contributed by atoms with E-state index in [1.807, 2.05) is 6.92 Å². The molecule has 0 aromatic carbocycles. The Morgan fingerprint density at radius 3 is 2.33 bits per heavy atom. The van der Waals surface area contributed by atoms with Gasteiger partial charge in [-0.2, -0.15) is 0 Å². The molecule has 0 aromatic heterocycles. The summed E-state index contributed by atoms with van der Waals surface area (Å²) in [6.07, 6.45) is 3.42. The van der Waals surface area contributed by atoms with Crippen molar-refractivity contribution in [2.24, 2.45) is 11.8 Å². The van der Waals surface area contributed by atoms with E-state index in [0.717, 1.165) is 24.7 Å². The van der Waals surface area contributed by atoms with Gasteiger partial charge in [-0.1, -0.05) is 0 Å². The Balaban J connectivity index is 1.64. The summed E-state index contributed by atoms with van der Waals surface area (Å²) in [4.78, 5) is 2.36. The zero-order valence-electron chi connectivity index (χ0n) is 8.08. The summed E-state index contributed by atoms with van der Waals surface area (Å²) in [6, 6.07) is 0. The molecule has 12 heavy (non-hydrogen) atoms. The van der Waals surface area contributed by atoms with Crippen LogP contribution in [-0.4, -0.2) is 35.7 Å². The fourth-order valence-electron chi connectivity index (χ4n) is 2.80. The van der Waals surface area contributed by atoms with E-state index in [9.17, 15) is 5.11 Å². The number of nitrogens with zero attached hydrogens (tertiary/aromatic N) is 1. The van der Waals surface area contributed by atoms with Gasteiger partial charge in [-0.3, -0.25) is 0 Å². The molecule has 70 valence electrons. The fraction of sp³-hybridized carbons (Fsp3) is 1.00. The number of rotatable bonds is 2. The summed E-state index contributed by atoms with van der Waals surface area (Å²) in [7, 11) is 2.17. The molecule has 2 fully saturated rings. The first kappa shape index (κ1) is 8.52. The molecule has 1 aliphatic heterocycles. The SMILES string of the molecule is CN1CC(CC2CC(C)(O)C2)C1. The maximum atomic E-state index is 9.53. The second-order valence-corrected chi connectivity index (χ2v) is 5.09. The molecule has 0 aromatic rings. The largest absolute Gasteiger partial charge is 0.390 e. The van der Waals surface area contributed by atoms with Gasteiger partial charge in [0.25, 0.3) is 0 Å². The molecule has 1 aliphatic carbocycles. The van der Waals surface area contributed by atoms with Crippen LogP contribution in [0.1, 0.15) is 26.2 Å². The Morgan fingerprint density at radius 1 is 1.33 bits per heavy atom. The molecule has 1 saturated heterocycles. The first-order valence-corrected chi connectivity index (χ1v) is 4.96. The zero-order valence-corrected chi connectivity index (χ0v) is 8.08. The van der Waals surface area contributed by atoms with Gasteiger partial charge < -0.3 is 10.0 Å². The van der Waals surface area contributed by atoms with Crippen molar-refractivity contribution in [1.29, 1.82) is 0 Å². The van der Waals surface area contributed by atoms with E-state index in [-0.39, 0.29) is 5.60 Å². The lowest BCUT2D eigenvalue weighted by atomic mass is 9.68. The minimum absolute atomic E-state index is 0.319. The summed E-state index contributed by atoms with van der Waals surface area (Å²) in [5.74, 6) is 1.75. The van der Waals surface area contributed by atoms with E-state index in [2.05, 4.69) is 11.9 Å². The second kappa shape index (κ2) is 2.71. The Hall–Kier alpha value is -0.0800. The van der Waals surface area contributed by atoms with Crippen LogP contribution < -0.4 is 0 Å². The summed E-state index contributed by atoms with van der Waals surface area (Å²) < 4.78 is 0. The fourth-order valence-corrected chi connectivity index (χ4v) is 2.80. The smallest absolute Gasteiger partial charge is 0.0625 e. The second-order valence-electron chi connectivity index (χ2n) is 5.09. The molecule has 0 radical (unpaired) electrons. The topological polar surface area (TPSA) is 23.5 Å². The molecule has 0 amide bonds. The highest BCUT2D eigenvalue weighted by atomic mass is 16.3. The van der Waals surface area contributed by atoms with Gasteiger partial charge in [0.1, 0.15) is 0 Å². The number of hydrogen-bond acceptors (Lipinski definition) is 2. The summed E-state index contributed by atoms with van der Waals surface area (Å²) in [5.41, 5.74) is -0.319. The molecule has 1 heterocycles. The molecule has 0 atom stereocenters. The van der Waals surface area contributed by atoms with Gasteiger partial charge in [0.05, 0.1) is 5.60 Å². The third kappa shape index (κ3) is 1.64. The summed E-state index contributed by atoms with van der Waals surface area (Å²) in [5, 5.41) is 9.53. The van der Waals surface area contributed by atoms with Crippen LogP contribution in [0.4, 0.5) is 0 Å². The van der Waals surface area contributed by atoms with Gasteiger partial charge in [0, 0.05) is 13.1 Å². The molecule has 0 bridgehead atoms. The van der Waals surface area contributed by atoms with Gasteiger partial charge in [0.2, 0.25) is 0 Å². The first-order valence-electron chi connectivity index (χ1n) is 4.96. The highest BCUT2D eigenvalue weighted by Crippen LogP contribution is 2.41. The van der Waals surface area contributed by atoms with Crippen molar-refractivity contribution in [2.45, 2.75) is 31.8 Å². The molecule has 0 spiro atoms. The van der Waals surface area contributed by atoms with E-state index >= 15 is 0 Å². The van der Waals surface area contributed by atoms with Gasteiger partial charge >= 0.3 is 0 Å². The molecule has 0 unspecified atom stereocenters. The Kier molecular flexibility index (Phi) is 1.92. The quantitative estimate of drug-likeness (QED) is 0.669. The zero-order chi connectivity index (χ0) is 8.77. The number of aliphatic hydroxyl groups is 1.